The van der Waals surface area contributed by atoms with Crippen molar-refractivity contribution < 1.29 is 43.4 Å². The lowest BCUT2D eigenvalue weighted by molar-refractivity contribution is -0.197. The summed E-state index contributed by atoms with van der Waals surface area (Å²) in [5.41, 5.74) is -2.86. The summed E-state index contributed by atoms with van der Waals surface area (Å²) >= 11 is 0. The first-order chi connectivity index (χ1) is 26.4. The van der Waals surface area contributed by atoms with Crippen molar-refractivity contribution in [3.8, 4) is 0 Å². The number of nitrogens with one attached hydrogen (secondary N) is 3. The highest BCUT2D eigenvalue weighted by molar-refractivity contribution is 6.99. The molecule has 13 nitrogen and oxygen atoms in total. The first kappa shape index (κ1) is 42.2. The third kappa shape index (κ3) is 8.30. The summed E-state index contributed by atoms with van der Waals surface area (Å²) in [4.78, 5) is 47.7. The number of amides is 3. The lowest BCUT2D eigenvalue weighted by Crippen LogP contribution is -2.78. The molecule has 7 fully saturated rings. The maximum atomic E-state index is 13.2. The minimum atomic E-state index is -2.68. The Labute approximate surface area is 336 Å². The Morgan fingerprint density at radius 3 is 1.44 bits per heavy atom. The van der Waals surface area contributed by atoms with E-state index in [1.54, 1.807) is 20.8 Å². The predicted molar refractivity (Wildman–Crippen MR) is 217 cm³/mol. The molecular weight excluding hydrogens is 745 g/mol. The maximum Gasteiger partial charge on any atom is 0.408 e. The number of carboxylic acid groups (broad SMARTS) is 1. The summed E-state index contributed by atoms with van der Waals surface area (Å²) in [5, 5.41) is 33.2. The topological polar surface area (TPSA) is 185 Å². The molecule has 7 aliphatic carbocycles. The zero-order valence-electron chi connectivity index (χ0n) is 34.8. The Bertz CT molecular complexity index is 1810. The molecule has 0 aromatic heterocycles. The second-order valence-corrected chi connectivity index (χ2v) is 24.5. The van der Waals surface area contributed by atoms with Crippen LogP contribution >= 0.6 is 0 Å². The van der Waals surface area contributed by atoms with Gasteiger partial charge >= 0.3 is 18.2 Å². The fourth-order valence-electron chi connectivity index (χ4n) is 9.63. The number of benzene rings is 2. The molecule has 14 heteroatoms. The summed E-state index contributed by atoms with van der Waals surface area (Å²) < 4.78 is 17.7. The van der Waals surface area contributed by atoms with Crippen molar-refractivity contribution in [1.82, 2.24) is 16.0 Å². The molecule has 2 aromatic carbocycles. The van der Waals surface area contributed by atoms with Crippen LogP contribution in [0.1, 0.15) is 114 Å². The Balaban J connectivity index is 0.000000286. The van der Waals surface area contributed by atoms with Gasteiger partial charge in [0.15, 0.2) is 5.84 Å². The normalized spacial score (nSPS) is 29.8. The lowest BCUT2D eigenvalue weighted by atomic mass is 9.39. The molecule has 0 radical (unpaired) electrons. The van der Waals surface area contributed by atoms with E-state index < -0.39 is 48.5 Å². The molecular formula is C43H60N4O9Si. The number of hydrogen-bond donors (Lipinski definition) is 5. The molecule has 7 saturated carbocycles. The number of carbonyl (C=O) groups excluding carboxylic acids is 3. The third-order valence-electron chi connectivity index (χ3n) is 12.1. The van der Waals surface area contributed by atoms with E-state index >= 15 is 0 Å². The highest BCUT2D eigenvalue weighted by atomic mass is 28.4. The van der Waals surface area contributed by atoms with Gasteiger partial charge in [-0.1, -0.05) is 86.6 Å². The number of ether oxygens (including phenoxy) is 2. The van der Waals surface area contributed by atoms with Crippen LogP contribution in [-0.4, -0.2) is 76.9 Å². The number of alkyl carbamates (subject to hydrolysis) is 2. The monoisotopic (exact) mass is 804 g/mol. The molecule has 0 heterocycles. The fourth-order valence-corrected chi connectivity index (χ4v) is 14.3. The Kier molecular flexibility index (Phi) is 10.7. The molecule has 9 rings (SSSR count). The van der Waals surface area contributed by atoms with Gasteiger partial charge in [-0.05, 0) is 108 Å². The molecule has 0 atom stereocenters. The van der Waals surface area contributed by atoms with Crippen molar-refractivity contribution in [2.24, 2.45) is 21.9 Å². The number of carboxylic acids is 1. The van der Waals surface area contributed by atoms with Gasteiger partial charge in [-0.15, -0.1) is 0 Å². The van der Waals surface area contributed by atoms with Crippen LogP contribution in [0.4, 0.5) is 9.59 Å². The van der Waals surface area contributed by atoms with Crippen LogP contribution in [0.25, 0.3) is 0 Å². The van der Waals surface area contributed by atoms with Crippen molar-refractivity contribution in [3.63, 3.8) is 0 Å². The van der Waals surface area contributed by atoms with E-state index in [4.69, 9.17) is 19.0 Å². The van der Waals surface area contributed by atoms with Crippen molar-refractivity contribution in [1.29, 1.82) is 0 Å². The lowest BCUT2D eigenvalue weighted by Gasteiger charge is -2.68. The van der Waals surface area contributed by atoms with E-state index in [2.05, 4.69) is 90.4 Å². The van der Waals surface area contributed by atoms with Gasteiger partial charge < -0.3 is 40.2 Å². The summed E-state index contributed by atoms with van der Waals surface area (Å²) in [6, 6.07) is 21.1. The third-order valence-corrected chi connectivity index (χ3v) is 17.2. The van der Waals surface area contributed by atoms with Crippen molar-refractivity contribution in [2.75, 3.05) is 0 Å². The molecule has 57 heavy (non-hydrogen) atoms. The molecule has 0 saturated heterocycles. The number of nitrogens with zero attached hydrogens (tertiary/aromatic N) is 1. The molecule has 0 aliphatic heterocycles. The predicted octanol–water partition coefficient (Wildman–Crippen LogP) is 6.21. The average Bonchev–Trinajstić information content (AvgIpc) is 3.00. The molecule has 0 spiro atoms. The van der Waals surface area contributed by atoms with E-state index in [-0.39, 0.29) is 34.0 Å². The molecule has 2 aromatic rings. The van der Waals surface area contributed by atoms with Gasteiger partial charge in [-0.25, -0.2) is 9.59 Å². The zero-order chi connectivity index (χ0) is 41.9. The van der Waals surface area contributed by atoms with E-state index in [9.17, 15) is 24.4 Å². The van der Waals surface area contributed by atoms with Crippen LogP contribution in [0.5, 0.6) is 0 Å². The van der Waals surface area contributed by atoms with Gasteiger partial charge in [0.05, 0.1) is 10.8 Å². The minimum Gasteiger partial charge on any atom is -0.481 e. The van der Waals surface area contributed by atoms with Gasteiger partial charge in [0, 0.05) is 23.1 Å². The zero-order valence-corrected chi connectivity index (χ0v) is 35.8. The molecule has 310 valence electrons. The van der Waals surface area contributed by atoms with Gasteiger partial charge in [0.2, 0.25) is 5.91 Å². The van der Waals surface area contributed by atoms with Gasteiger partial charge in [-0.2, -0.15) is 0 Å². The summed E-state index contributed by atoms with van der Waals surface area (Å²) in [6.07, 6.45) is 3.71. The Morgan fingerprint density at radius 1 is 0.684 bits per heavy atom. The molecule has 7 aliphatic rings. The van der Waals surface area contributed by atoms with Crippen LogP contribution in [-0.2, 0) is 23.5 Å². The largest absolute Gasteiger partial charge is 0.481 e. The second-order valence-electron chi connectivity index (χ2n) is 20.3. The van der Waals surface area contributed by atoms with Crippen molar-refractivity contribution in [2.45, 2.75) is 147 Å². The maximum absolute atomic E-state index is 13.2. The molecule has 4 bridgehead atoms. The number of amidine groups is 1. The molecule has 3 amide bonds. The minimum absolute atomic E-state index is 0.0174. The number of hydrogen-bond acceptors (Lipinski definition) is 9. The van der Waals surface area contributed by atoms with Crippen LogP contribution < -0.4 is 26.3 Å². The fraction of sp³-hybridized carbons (Fsp3) is 0.605. The molecule has 0 unspecified atom stereocenters. The van der Waals surface area contributed by atoms with E-state index in [0.29, 0.717) is 57.2 Å². The van der Waals surface area contributed by atoms with E-state index in [0.717, 1.165) is 0 Å². The SMILES string of the molecule is CC(C)(C)OC(=O)NC12CC(C(=O)NC(=NO)C3CC(O[Si](c4ccccc4)(c4ccccc4)C(C)(C)C)C3)(C1)C2.CC(C)(C)OC(=O)NC12CC(C(=O)O)(C1)C2. The summed E-state index contributed by atoms with van der Waals surface area (Å²) in [7, 11) is -2.68. The molecule has 5 N–H and O–H groups in total. The number of rotatable bonds is 9. The first-order valence-corrected chi connectivity index (χ1v) is 21.9. The van der Waals surface area contributed by atoms with Gasteiger partial charge in [0.25, 0.3) is 8.32 Å². The highest BCUT2D eigenvalue weighted by Crippen LogP contribution is 2.68. The summed E-state index contributed by atoms with van der Waals surface area (Å²) in [5.74, 6) is -0.681. The Hall–Kier alpha value is -4.43. The van der Waals surface area contributed by atoms with Gasteiger partial charge in [-0.3, -0.25) is 9.59 Å². The smallest absolute Gasteiger partial charge is 0.408 e. The van der Waals surface area contributed by atoms with Crippen LogP contribution in [0, 0.1) is 16.7 Å². The number of aliphatic carboxylic acids is 1. The standard InChI is InChI=1S/C32H43N3O5Si.C11H17NO4/c1-29(2,3)39-28(37)34-32-19-31(20-32,21-32)27(36)33-26(35-38)22-17-23(18-22)40-41(30(4,5)6,24-13-9-7-10-14-24)25-15-11-8-12-16-25;1-9(2,3)16-8(15)12-11-4-10(5-11,6-11)7(13)14/h7-16,22-23,38H,17-21H2,1-6H3,(H,34,37)(H,33,35,36);4-6H2,1-3H3,(H,12,15)(H,13,14). The van der Waals surface area contributed by atoms with Crippen molar-refractivity contribution >= 4 is 48.6 Å². The average molecular weight is 805 g/mol. The van der Waals surface area contributed by atoms with Crippen LogP contribution in [0.2, 0.25) is 5.04 Å². The first-order valence-electron chi connectivity index (χ1n) is 20.0. The summed E-state index contributed by atoms with van der Waals surface area (Å²) in [6.45, 7) is 17.6. The van der Waals surface area contributed by atoms with E-state index in [1.807, 2.05) is 32.9 Å². The number of carbonyl (C=O) groups is 4. The Morgan fingerprint density at radius 2 is 1.09 bits per heavy atom. The van der Waals surface area contributed by atoms with E-state index in [1.165, 1.54) is 10.4 Å². The van der Waals surface area contributed by atoms with Crippen LogP contribution in [0.3, 0.4) is 0 Å². The highest BCUT2D eigenvalue weighted by Gasteiger charge is 2.73. The quantitative estimate of drug-likeness (QED) is 0.0647. The second kappa shape index (κ2) is 14.4. The van der Waals surface area contributed by atoms with Gasteiger partial charge in [0.1, 0.15) is 11.2 Å². The van der Waals surface area contributed by atoms with Crippen molar-refractivity contribution in [3.05, 3.63) is 60.7 Å². The number of oxime groups is 1. The van der Waals surface area contributed by atoms with Crippen LogP contribution in [0.15, 0.2) is 65.8 Å².